The van der Waals surface area contributed by atoms with Gasteiger partial charge in [-0.25, -0.2) is 9.78 Å². The van der Waals surface area contributed by atoms with Crippen LogP contribution in [0, 0.1) is 0 Å². The molecule has 1 aromatic heterocycles. The first-order valence-electron chi connectivity index (χ1n) is 7.09. The largest absolute Gasteiger partial charge is 0.480 e. The number of aliphatic carboxylic acids is 1. The molecule has 1 heterocycles. The summed E-state index contributed by atoms with van der Waals surface area (Å²) < 4.78 is 1.71. The summed E-state index contributed by atoms with van der Waals surface area (Å²) in [4.78, 5) is 15.8. The maximum absolute atomic E-state index is 11.4. The first-order chi connectivity index (χ1) is 10.7. The van der Waals surface area contributed by atoms with Crippen LogP contribution in [-0.2, 0) is 4.79 Å². The smallest absolute Gasteiger partial charge is 0.326 e. The molecule has 0 aliphatic rings. The first kappa shape index (κ1) is 14.1. The highest BCUT2D eigenvalue weighted by Crippen LogP contribution is 2.33. The lowest BCUT2D eigenvalue weighted by atomic mass is 10.0. The number of hydrogen-bond acceptors (Lipinski definition) is 2. The number of hydrogen-bond donors (Lipinski definition) is 1. The van der Waals surface area contributed by atoms with E-state index in [-0.39, 0.29) is 0 Å². The van der Waals surface area contributed by atoms with E-state index in [0.29, 0.717) is 0 Å². The normalized spacial score (nSPS) is 12.0. The monoisotopic (exact) mass is 292 g/mol. The van der Waals surface area contributed by atoms with Crippen LogP contribution >= 0.6 is 0 Å². The summed E-state index contributed by atoms with van der Waals surface area (Å²) in [5.74, 6) is -0.880. The van der Waals surface area contributed by atoms with Crippen LogP contribution in [0.1, 0.15) is 13.0 Å². The molecule has 0 aliphatic heterocycles. The molecule has 1 N–H and O–H groups in total. The summed E-state index contributed by atoms with van der Waals surface area (Å²) in [6.45, 7) is 1.66. The van der Waals surface area contributed by atoms with Gasteiger partial charge in [-0.15, -0.1) is 0 Å². The zero-order chi connectivity index (χ0) is 15.5. The van der Waals surface area contributed by atoms with Crippen LogP contribution in [0.2, 0.25) is 0 Å². The Kier molecular flexibility index (Phi) is 3.74. The van der Waals surface area contributed by atoms with Gasteiger partial charge in [-0.1, -0.05) is 60.7 Å². The molecule has 0 saturated carbocycles. The highest BCUT2D eigenvalue weighted by atomic mass is 16.4. The number of benzene rings is 2. The number of aromatic nitrogens is 2. The fourth-order valence-electron chi connectivity index (χ4n) is 2.46. The number of carboxylic acid groups (broad SMARTS) is 1. The third kappa shape index (κ3) is 2.51. The molecule has 0 unspecified atom stereocenters. The van der Waals surface area contributed by atoms with Crippen LogP contribution in [0.25, 0.3) is 22.5 Å². The molecule has 3 aromatic rings. The van der Waals surface area contributed by atoms with Crippen molar-refractivity contribution < 1.29 is 9.90 Å². The van der Waals surface area contributed by atoms with E-state index in [1.54, 1.807) is 17.8 Å². The topological polar surface area (TPSA) is 55.1 Å². The number of carboxylic acids is 1. The number of rotatable bonds is 4. The molecule has 0 radical (unpaired) electrons. The van der Waals surface area contributed by atoms with Crippen molar-refractivity contribution in [3.05, 3.63) is 67.0 Å². The Bertz CT molecular complexity index is 779. The van der Waals surface area contributed by atoms with Crippen molar-refractivity contribution in [2.45, 2.75) is 13.0 Å². The SMILES string of the molecule is C[C@@H](C(=O)O)n1cnc(-c2ccccc2)c1-c1ccccc1. The second kappa shape index (κ2) is 5.85. The van der Waals surface area contributed by atoms with Gasteiger partial charge in [0.25, 0.3) is 0 Å². The Morgan fingerprint density at radius 2 is 1.55 bits per heavy atom. The second-order valence-electron chi connectivity index (χ2n) is 5.10. The zero-order valence-electron chi connectivity index (χ0n) is 12.2. The summed E-state index contributed by atoms with van der Waals surface area (Å²) in [5, 5.41) is 9.34. The second-order valence-corrected chi connectivity index (χ2v) is 5.10. The maximum atomic E-state index is 11.4. The van der Waals surface area contributed by atoms with Crippen molar-refractivity contribution in [2.75, 3.05) is 0 Å². The van der Waals surface area contributed by atoms with Crippen LogP contribution in [0.4, 0.5) is 0 Å². The van der Waals surface area contributed by atoms with Gasteiger partial charge >= 0.3 is 5.97 Å². The predicted octanol–water partition coefficient (Wildman–Crippen LogP) is 3.86. The standard InChI is InChI=1S/C18H16N2O2/c1-13(18(21)22)20-12-19-16(14-8-4-2-5-9-14)17(20)15-10-6-3-7-11-15/h2-13H,1H3,(H,21,22)/t13-/m0/s1. The van der Waals surface area contributed by atoms with Gasteiger partial charge in [-0.3, -0.25) is 0 Å². The Hall–Kier alpha value is -2.88. The Balaban J connectivity index is 2.22. The Labute approximate surface area is 128 Å². The molecule has 0 fully saturated rings. The van der Waals surface area contributed by atoms with Crippen LogP contribution in [0.3, 0.4) is 0 Å². The molecule has 2 aromatic carbocycles. The lowest BCUT2D eigenvalue weighted by Gasteiger charge is -2.14. The summed E-state index contributed by atoms with van der Waals surface area (Å²) in [6.07, 6.45) is 1.60. The lowest BCUT2D eigenvalue weighted by Crippen LogP contribution is -2.15. The molecule has 0 amide bonds. The van der Waals surface area contributed by atoms with Crippen molar-refractivity contribution in [1.82, 2.24) is 9.55 Å². The van der Waals surface area contributed by atoms with Gasteiger partial charge in [-0.05, 0) is 6.92 Å². The van der Waals surface area contributed by atoms with Gasteiger partial charge < -0.3 is 9.67 Å². The number of nitrogens with zero attached hydrogens (tertiary/aromatic N) is 2. The van der Waals surface area contributed by atoms with Gasteiger partial charge in [0.2, 0.25) is 0 Å². The molecule has 4 nitrogen and oxygen atoms in total. The Morgan fingerprint density at radius 3 is 2.09 bits per heavy atom. The van der Waals surface area contributed by atoms with Crippen molar-refractivity contribution in [3.8, 4) is 22.5 Å². The summed E-state index contributed by atoms with van der Waals surface area (Å²) >= 11 is 0. The molecule has 3 rings (SSSR count). The Morgan fingerprint density at radius 1 is 1.00 bits per heavy atom. The van der Waals surface area contributed by atoms with Gasteiger partial charge in [0.05, 0.1) is 17.7 Å². The quantitative estimate of drug-likeness (QED) is 0.794. The third-order valence-corrected chi connectivity index (χ3v) is 3.66. The van der Waals surface area contributed by atoms with Crippen molar-refractivity contribution in [2.24, 2.45) is 0 Å². The van der Waals surface area contributed by atoms with Gasteiger partial charge in [-0.2, -0.15) is 0 Å². The van der Waals surface area contributed by atoms with Crippen molar-refractivity contribution >= 4 is 5.97 Å². The van der Waals surface area contributed by atoms with Crippen LogP contribution in [0.5, 0.6) is 0 Å². The maximum Gasteiger partial charge on any atom is 0.326 e. The van der Waals surface area contributed by atoms with E-state index in [4.69, 9.17) is 0 Å². The van der Waals surface area contributed by atoms with Gasteiger partial charge in [0, 0.05) is 11.1 Å². The first-order valence-corrected chi connectivity index (χ1v) is 7.09. The zero-order valence-corrected chi connectivity index (χ0v) is 12.2. The van der Waals surface area contributed by atoms with E-state index < -0.39 is 12.0 Å². The van der Waals surface area contributed by atoms with E-state index in [0.717, 1.165) is 22.5 Å². The molecule has 22 heavy (non-hydrogen) atoms. The van der Waals surface area contributed by atoms with Crippen molar-refractivity contribution in [1.29, 1.82) is 0 Å². The van der Waals surface area contributed by atoms with E-state index in [9.17, 15) is 9.90 Å². The average Bonchev–Trinajstić information content (AvgIpc) is 3.00. The number of imidazole rings is 1. The molecule has 0 spiro atoms. The summed E-state index contributed by atoms with van der Waals surface area (Å²) in [5.41, 5.74) is 3.53. The highest BCUT2D eigenvalue weighted by Gasteiger charge is 2.21. The molecule has 0 saturated heterocycles. The molecule has 0 bridgehead atoms. The predicted molar refractivity (Wildman–Crippen MR) is 85.4 cm³/mol. The fraction of sp³-hybridized carbons (Fsp3) is 0.111. The number of carbonyl (C=O) groups is 1. The summed E-state index contributed by atoms with van der Waals surface area (Å²) in [6, 6.07) is 18.9. The third-order valence-electron chi connectivity index (χ3n) is 3.66. The average molecular weight is 292 g/mol. The molecule has 110 valence electrons. The van der Waals surface area contributed by atoms with E-state index in [1.807, 2.05) is 60.7 Å². The highest BCUT2D eigenvalue weighted by molar-refractivity contribution is 5.81. The molecular formula is C18H16N2O2. The van der Waals surface area contributed by atoms with E-state index in [2.05, 4.69) is 4.98 Å². The van der Waals surface area contributed by atoms with Crippen LogP contribution < -0.4 is 0 Å². The molecule has 4 heteroatoms. The van der Waals surface area contributed by atoms with Crippen molar-refractivity contribution in [3.63, 3.8) is 0 Å². The molecular weight excluding hydrogens is 276 g/mol. The van der Waals surface area contributed by atoms with E-state index >= 15 is 0 Å². The van der Waals surface area contributed by atoms with E-state index in [1.165, 1.54) is 0 Å². The fourth-order valence-corrected chi connectivity index (χ4v) is 2.46. The minimum absolute atomic E-state index is 0.680. The molecule has 1 atom stereocenters. The molecule has 0 aliphatic carbocycles. The minimum Gasteiger partial charge on any atom is -0.480 e. The lowest BCUT2D eigenvalue weighted by molar-refractivity contribution is -0.140. The summed E-state index contributed by atoms with van der Waals surface area (Å²) in [7, 11) is 0. The van der Waals surface area contributed by atoms with Gasteiger partial charge in [0.15, 0.2) is 0 Å². The van der Waals surface area contributed by atoms with Crippen LogP contribution in [-0.4, -0.2) is 20.6 Å². The van der Waals surface area contributed by atoms with Gasteiger partial charge in [0.1, 0.15) is 6.04 Å². The van der Waals surface area contributed by atoms with Crippen LogP contribution in [0.15, 0.2) is 67.0 Å². The minimum atomic E-state index is -0.880.